The van der Waals surface area contributed by atoms with E-state index in [-0.39, 0.29) is 11.3 Å². The Morgan fingerprint density at radius 2 is 1.85 bits per heavy atom. The van der Waals surface area contributed by atoms with Gasteiger partial charge in [-0.3, -0.25) is 9.52 Å². The molecule has 1 atom stereocenters. The van der Waals surface area contributed by atoms with Gasteiger partial charge in [0.15, 0.2) is 6.10 Å². The largest absolute Gasteiger partial charge is 0.449 e. The number of nitriles is 1. The van der Waals surface area contributed by atoms with Crippen LogP contribution in [0.15, 0.2) is 48.5 Å². The number of amides is 1. The average Bonchev–Trinajstić information content (AvgIpc) is 2.60. The van der Waals surface area contributed by atoms with Crippen LogP contribution in [0.3, 0.4) is 0 Å². The first-order chi connectivity index (χ1) is 12.7. The first-order valence-electron chi connectivity index (χ1n) is 7.78. The average molecular weight is 387 g/mol. The van der Waals surface area contributed by atoms with Crippen molar-refractivity contribution in [1.29, 1.82) is 5.26 Å². The van der Waals surface area contributed by atoms with Gasteiger partial charge in [0.1, 0.15) is 0 Å². The molecule has 2 aromatic carbocycles. The highest BCUT2D eigenvalue weighted by atomic mass is 32.2. The number of carbonyl (C=O) groups is 2. The van der Waals surface area contributed by atoms with Gasteiger partial charge >= 0.3 is 5.97 Å². The molecule has 8 nitrogen and oxygen atoms in total. The van der Waals surface area contributed by atoms with E-state index in [4.69, 9.17) is 10.00 Å². The lowest BCUT2D eigenvalue weighted by Gasteiger charge is -2.15. The number of carbonyl (C=O) groups excluding carboxylic acids is 2. The van der Waals surface area contributed by atoms with Gasteiger partial charge in [-0.2, -0.15) is 5.26 Å². The summed E-state index contributed by atoms with van der Waals surface area (Å²) in [5.74, 6) is -1.44. The highest BCUT2D eigenvalue weighted by Crippen LogP contribution is 2.18. The molecule has 0 spiro atoms. The number of esters is 1. The predicted molar refractivity (Wildman–Crippen MR) is 99.6 cm³/mol. The minimum Gasteiger partial charge on any atom is -0.449 e. The molecule has 9 heteroatoms. The second-order valence-corrected chi connectivity index (χ2v) is 7.40. The molecule has 0 heterocycles. The van der Waals surface area contributed by atoms with Crippen LogP contribution >= 0.6 is 0 Å². The van der Waals surface area contributed by atoms with E-state index in [2.05, 4.69) is 10.0 Å². The highest BCUT2D eigenvalue weighted by molar-refractivity contribution is 7.92. The van der Waals surface area contributed by atoms with Crippen LogP contribution in [-0.2, 0) is 19.6 Å². The molecule has 0 bridgehead atoms. The molecular weight excluding hydrogens is 370 g/mol. The van der Waals surface area contributed by atoms with Crippen LogP contribution in [0.4, 0.5) is 11.4 Å². The third-order valence-corrected chi connectivity index (χ3v) is 3.95. The van der Waals surface area contributed by atoms with Crippen molar-refractivity contribution in [2.75, 3.05) is 16.3 Å². The number of ether oxygens (including phenoxy) is 1. The normalized spacial score (nSPS) is 11.7. The number of hydrogen-bond acceptors (Lipinski definition) is 6. The molecule has 27 heavy (non-hydrogen) atoms. The number of anilines is 2. The second-order valence-electron chi connectivity index (χ2n) is 5.65. The maximum absolute atomic E-state index is 12.3. The van der Waals surface area contributed by atoms with Crippen molar-refractivity contribution in [2.24, 2.45) is 0 Å². The molecule has 0 fully saturated rings. The molecular formula is C18H17N3O5S. The molecule has 0 aromatic heterocycles. The smallest absolute Gasteiger partial charge is 0.341 e. The molecule has 0 radical (unpaired) electrons. The van der Waals surface area contributed by atoms with Gasteiger partial charge in [0.05, 0.1) is 29.1 Å². The van der Waals surface area contributed by atoms with Gasteiger partial charge in [-0.25, -0.2) is 13.2 Å². The fraction of sp³-hybridized carbons (Fsp3) is 0.167. The summed E-state index contributed by atoms with van der Waals surface area (Å²) in [6.07, 6.45) is -0.185. The molecule has 0 aliphatic rings. The Balaban J connectivity index is 2.09. The van der Waals surface area contributed by atoms with Crippen molar-refractivity contribution in [3.8, 4) is 6.07 Å². The maximum Gasteiger partial charge on any atom is 0.341 e. The summed E-state index contributed by atoms with van der Waals surface area (Å²) in [5.41, 5.74) is 0.799. The molecule has 0 saturated carbocycles. The molecule has 2 N–H and O–H groups in total. The van der Waals surface area contributed by atoms with Gasteiger partial charge in [-0.1, -0.05) is 18.2 Å². The maximum atomic E-state index is 12.3. The van der Waals surface area contributed by atoms with Gasteiger partial charge in [-0.15, -0.1) is 0 Å². The van der Waals surface area contributed by atoms with Crippen molar-refractivity contribution < 1.29 is 22.7 Å². The molecule has 140 valence electrons. The van der Waals surface area contributed by atoms with Gasteiger partial charge in [-0.05, 0) is 37.3 Å². The fourth-order valence-corrected chi connectivity index (χ4v) is 2.72. The Labute approximate surface area is 156 Å². The van der Waals surface area contributed by atoms with Crippen LogP contribution in [0, 0.1) is 11.3 Å². The van der Waals surface area contributed by atoms with Crippen molar-refractivity contribution in [3.63, 3.8) is 0 Å². The number of benzene rings is 2. The lowest BCUT2D eigenvalue weighted by molar-refractivity contribution is -0.123. The van der Waals surface area contributed by atoms with Crippen LogP contribution in [0.25, 0.3) is 0 Å². The molecule has 2 rings (SSSR count). The summed E-state index contributed by atoms with van der Waals surface area (Å²) < 4.78 is 30.2. The van der Waals surface area contributed by atoms with Crippen LogP contribution in [0.5, 0.6) is 0 Å². The zero-order valence-electron chi connectivity index (χ0n) is 14.6. The van der Waals surface area contributed by atoms with E-state index >= 15 is 0 Å². The van der Waals surface area contributed by atoms with Crippen molar-refractivity contribution in [1.82, 2.24) is 0 Å². The van der Waals surface area contributed by atoms with Gasteiger partial charge < -0.3 is 10.1 Å². The SMILES string of the molecule is C[C@H](OC(=O)c1ccccc1NS(C)(=O)=O)C(=O)Nc1cccc(C#N)c1. The van der Waals surface area contributed by atoms with E-state index in [0.717, 1.165) is 6.26 Å². The topological polar surface area (TPSA) is 125 Å². The lowest BCUT2D eigenvalue weighted by Crippen LogP contribution is -2.30. The van der Waals surface area contributed by atoms with E-state index in [9.17, 15) is 18.0 Å². The number of rotatable bonds is 6. The molecule has 0 aliphatic heterocycles. The Morgan fingerprint density at radius 1 is 1.15 bits per heavy atom. The van der Waals surface area contributed by atoms with Crippen molar-refractivity contribution in [3.05, 3.63) is 59.7 Å². The second kappa shape index (κ2) is 8.33. The van der Waals surface area contributed by atoms with Crippen LogP contribution in [-0.4, -0.2) is 32.7 Å². The summed E-state index contributed by atoms with van der Waals surface area (Å²) in [5, 5.41) is 11.4. The molecule has 0 saturated heterocycles. The summed E-state index contributed by atoms with van der Waals surface area (Å²) in [4.78, 5) is 24.5. The Morgan fingerprint density at radius 3 is 2.52 bits per heavy atom. The lowest BCUT2D eigenvalue weighted by atomic mass is 10.2. The number of hydrogen-bond donors (Lipinski definition) is 2. The van der Waals surface area contributed by atoms with E-state index in [1.54, 1.807) is 30.3 Å². The standard InChI is InChI=1S/C18H17N3O5S/c1-12(17(22)20-14-7-5-6-13(10-14)11-19)26-18(23)15-8-3-4-9-16(15)21-27(2,24)25/h3-10,12,21H,1-2H3,(H,20,22)/t12-/m0/s1. The Bertz CT molecular complexity index is 1010. The van der Waals surface area contributed by atoms with Crippen molar-refractivity contribution in [2.45, 2.75) is 13.0 Å². The zero-order chi connectivity index (χ0) is 20.0. The Hall–Kier alpha value is -3.38. The highest BCUT2D eigenvalue weighted by Gasteiger charge is 2.21. The quantitative estimate of drug-likeness (QED) is 0.731. The third-order valence-electron chi connectivity index (χ3n) is 3.35. The van der Waals surface area contributed by atoms with E-state index in [1.165, 1.54) is 25.1 Å². The first kappa shape index (κ1) is 19.9. The van der Waals surface area contributed by atoms with Gasteiger partial charge in [0, 0.05) is 5.69 Å². The summed E-state index contributed by atoms with van der Waals surface area (Å²) in [7, 11) is -3.59. The molecule has 0 aliphatic carbocycles. The number of nitrogens with one attached hydrogen (secondary N) is 2. The number of nitrogens with zero attached hydrogens (tertiary/aromatic N) is 1. The van der Waals surface area contributed by atoms with E-state index in [0.29, 0.717) is 11.3 Å². The van der Waals surface area contributed by atoms with Gasteiger partial charge in [0.25, 0.3) is 5.91 Å². The number of sulfonamides is 1. The number of para-hydroxylation sites is 1. The predicted octanol–water partition coefficient (Wildman–Crippen LogP) is 2.11. The summed E-state index contributed by atoms with van der Waals surface area (Å²) in [6.45, 7) is 1.38. The van der Waals surface area contributed by atoms with Crippen molar-refractivity contribution >= 4 is 33.3 Å². The van der Waals surface area contributed by atoms with E-state index < -0.39 is 28.0 Å². The fourth-order valence-electron chi connectivity index (χ4n) is 2.14. The van der Waals surface area contributed by atoms with Gasteiger partial charge in [0.2, 0.25) is 10.0 Å². The minimum atomic E-state index is -3.59. The van der Waals surface area contributed by atoms with Crippen LogP contribution < -0.4 is 10.0 Å². The zero-order valence-corrected chi connectivity index (χ0v) is 15.4. The Kier molecular flexibility index (Phi) is 6.15. The molecule has 2 aromatic rings. The van der Waals surface area contributed by atoms with Crippen LogP contribution in [0.1, 0.15) is 22.8 Å². The first-order valence-corrected chi connectivity index (χ1v) is 9.67. The monoisotopic (exact) mass is 387 g/mol. The van der Waals surface area contributed by atoms with E-state index in [1.807, 2.05) is 6.07 Å². The summed E-state index contributed by atoms with van der Waals surface area (Å²) >= 11 is 0. The molecule has 1 amide bonds. The van der Waals surface area contributed by atoms with Crippen LogP contribution in [0.2, 0.25) is 0 Å². The third kappa shape index (κ3) is 5.83. The minimum absolute atomic E-state index is 0.0194. The molecule has 0 unspecified atom stereocenters. The summed E-state index contributed by atoms with van der Waals surface area (Å²) in [6, 6.07) is 14.1.